The average molecular weight is 348 g/mol. The molecule has 0 unspecified atom stereocenters. The number of para-hydroxylation sites is 2. The van der Waals surface area contributed by atoms with Crippen molar-refractivity contribution >= 4 is 11.7 Å². The second-order valence-electron chi connectivity index (χ2n) is 7.86. The minimum Gasteiger partial charge on any atom is -0.545 e. The normalized spacial score (nSPS) is 31.0. The zero-order chi connectivity index (χ0) is 17.8. The van der Waals surface area contributed by atoms with Gasteiger partial charge in [0.1, 0.15) is 5.75 Å². The molecule has 4 heteroatoms. The summed E-state index contributed by atoms with van der Waals surface area (Å²) >= 11 is 0. The van der Waals surface area contributed by atoms with Gasteiger partial charge in [-0.25, -0.2) is 0 Å². The lowest BCUT2D eigenvalue weighted by molar-refractivity contribution is -0.254. The molecule has 2 fully saturated rings. The summed E-state index contributed by atoms with van der Waals surface area (Å²) in [5.74, 6) is 1.98. The van der Waals surface area contributed by atoms with Crippen molar-refractivity contribution in [2.45, 2.75) is 31.2 Å². The maximum Gasteiger partial charge on any atom is 0.124 e. The molecule has 1 N–H and O–H groups in total. The van der Waals surface area contributed by atoms with E-state index in [9.17, 15) is 9.90 Å². The van der Waals surface area contributed by atoms with E-state index in [1.165, 1.54) is 19.3 Å². The minimum absolute atomic E-state index is 0.0689. The first-order valence-electron chi connectivity index (χ1n) is 9.42. The van der Waals surface area contributed by atoms with Crippen molar-refractivity contribution in [3.05, 3.63) is 59.2 Å². The summed E-state index contributed by atoms with van der Waals surface area (Å²) in [7, 11) is 1.69. The monoisotopic (exact) mass is 348 g/mol. The van der Waals surface area contributed by atoms with Crippen LogP contribution in [0.15, 0.2) is 42.5 Å². The number of fused-ring (bicyclic) bond motifs is 7. The molecule has 0 saturated heterocycles. The Kier molecular flexibility index (Phi) is 3.49. The van der Waals surface area contributed by atoms with Gasteiger partial charge in [0.15, 0.2) is 0 Å². The Morgan fingerprint density at radius 3 is 2.65 bits per heavy atom. The molecular formula is C22H22NO3-. The molecular weight excluding hydrogens is 326 g/mol. The number of nitrogens with one attached hydrogen (secondary N) is 1. The van der Waals surface area contributed by atoms with Gasteiger partial charge in [0, 0.05) is 16.8 Å². The number of carbonyl (C=O) groups is 1. The summed E-state index contributed by atoms with van der Waals surface area (Å²) in [6, 6.07) is 13.8. The standard InChI is InChI=1S/C22H23NO3/c1-26-17-8-3-2-5-14(17)21-19-13-10-9-12(11-13)18(19)15-6-4-7-16(22(24)25)20(15)23-21/h2-8,12-13,18-19,21,23H,9-11H2,1H3,(H,24,25)/p-1/t12-,13+,18-,19-,21+/m1/s1. The molecule has 0 spiro atoms. The maximum absolute atomic E-state index is 11.7. The van der Waals surface area contributed by atoms with Gasteiger partial charge in [-0.2, -0.15) is 0 Å². The van der Waals surface area contributed by atoms with Crippen LogP contribution < -0.4 is 15.2 Å². The van der Waals surface area contributed by atoms with Crippen molar-refractivity contribution in [1.29, 1.82) is 0 Å². The number of carboxylic acid groups (broad SMARTS) is 1. The zero-order valence-corrected chi connectivity index (χ0v) is 14.8. The van der Waals surface area contributed by atoms with Gasteiger partial charge in [0.2, 0.25) is 0 Å². The van der Waals surface area contributed by atoms with E-state index < -0.39 is 5.97 Å². The van der Waals surface area contributed by atoms with E-state index in [1.807, 2.05) is 24.3 Å². The van der Waals surface area contributed by atoms with Gasteiger partial charge < -0.3 is 20.0 Å². The number of rotatable bonds is 3. The third-order valence-electron chi connectivity index (χ3n) is 6.82. The highest BCUT2D eigenvalue weighted by molar-refractivity contribution is 5.94. The number of methoxy groups -OCH3 is 1. The Hall–Kier alpha value is -2.49. The fraction of sp³-hybridized carbons (Fsp3) is 0.409. The molecule has 3 aliphatic rings. The quantitative estimate of drug-likeness (QED) is 0.924. The fourth-order valence-corrected chi connectivity index (χ4v) is 5.92. The molecule has 2 saturated carbocycles. The first-order valence-corrected chi connectivity index (χ1v) is 9.42. The van der Waals surface area contributed by atoms with Crippen LogP contribution in [-0.2, 0) is 0 Å². The second kappa shape index (κ2) is 5.76. The lowest BCUT2D eigenvalue weighted by Crippen LogP contribution is -2.37. The zero-order valence-electron chi connectivity index (χ0n) is 14.8. The predicted octanol–water partition coefficient (Wildman–Crippen LogP) is 3.36. The predicted molar refractivity (Wildman–Crippen MR) is 97.2 cm³/mol. The van der Waals surface area contributed by atoms with Crippen molar-refractivity contribution in [3.63, 3.8) is 0 Å². The van der Waals surface area contributed by atoms with Gasteiger partial charge in [-0.05, 0) is 54.6 Å². The van der Waals surface area contributed by atoms with E-state index in [-0.39, 0.29) is 11.6 Å². The summed E-state index contributed by atoms with van der Waals surface area (Å²) in [6.45, 7) is 0. The number of aromatic carboxylic acids is 1. The Morgan fingerprint density at radius 1 is 1.08 bits per heavy atom. The Labute approximate surface area is 153 Å². The molecule has 0 aromatic heterocycles. The van der Waals surface area contributed by atoms with Gasteiger partial charge >= 0.3 is 0 Å². The summed E-state index contributed by atoms with van der Waals surface area (Å²) in [6.07, 6.45) is 3.77. The first kappa shape index (κ1) is 15.7. The largest absolute Gasteiger partial charge is 0.545 e. The van der Waals surface area contributed by atoms with Gasteiger partial charge in [-0.15, -0.1) is 0 Å². The Morgan fingerprint density at radius 2 is 1.85 bits per heavy atom. The molecule has 26 heavy (non-hydrogen) atoms. The average Bonchev–Trinajstić information content (AvgIpc) is 3.29. The van der Waals surface area contributed by atoms with E-state index in [2.05, 4.69) is 17.4 Å². The number of ether oxygens (including phenoxy) is 1. The van der Waals surface area contributed by atoms with Crippen molar-refractivity contribution in [1.82, 2.24) is 0 Å². The van der Waals surface area contributed by atoms with Crippen LogP contribution in [0.3, 0.4) is 0 Å². The van der Waals surface area contributed by atoms with Crippen molar-refractivity contribution in [3.8, 4) is 5.75 Å². The van der Waals surface area contributed by atoms with Gasteiger partial charge in [-0.3, -0.25) is 0 Å². The molecule has 2 aromatic carbocycles. The topological polar surface area (TPSA) is 61.4 Å². The first-order chi connectivity index (χ1) is 12.7. The van der Waals surface area contributed by atoms with Crippen LogP contribution in [0.25, 0.3) is 0 Å². The third-order valence-corrected chi connectivity index (χ3v) is 6.82. The Balaban J connectivity index is 1.69. The van der Waals surface area contributed by atoms with E-state index in [0.717, 1.165) is 22.6 Å². The molecule has 4 nitrogen and oxygen atoms in total. The van der Waals surface area contributed by atoms with Crippen LogP contribution in [0.2, 0.25) is 0 Å². The van der Waals surface area contributed by atoms with E-state index in [4.69, 9.17) is 4.74 Å². The maximum atomic E-state index is 11.7. The Bertz CT molecular complexity index is 877. The number of hydrogen-bond donors (Lipinski definition) is 1. The highest BCUT2D eigenvalue weighted by Gasteiger charge is 2.54. The summed E-state index contributed by atoms with van der Waals surface area (Å²) in [5.41, 5.74) is 3.30. The summed E-state index contributed by atoms with van der Waals surface area (Å²) in [5, 5.41) is 15.3. The van der Waals surface area contributed by atoms with Crippen LogP contribution in [0.5, 0.6) is 5.75 Å². The van der Waals surface area contributed by atoms with E-state index >= 15 is 0 Å². The molecule has 0 amide bonds. The summed E-state index contributed by atoms with van der Waals surface area (Å²) < 4.78 is 5.62. The van der Waals surface area contributed by atoms with Crippen LogP contribution in [0.1, 0.15) is 52.7 Å². The van der Waals surface area contributed by atoms with Crippen LogP contribution in [0.4, 0.5) is 5.69 Å². The number of anilines is 1. The molecule has 2 bridgehead atoms. The fourth-order valence-electron chi connectivity index (χ4n) is 5.92. The van der Waals surface area contributed by atoms with Gasteiger partial charge in [-0.1, -0.05) is 36.4 Å². The van der Waals surface area contributed by atoms with Crippen molar-refractivity contribution in [2.24, 2.45) is 17.8 Å². The number of carbonyl (C=O) groups excluding carboxylic acids is 1. The molecule has 5 rings (SSSR count). The number of carboxylic acids is 1. The van der Waals surface area contributed by atoms with E-state index in [1.54, 1.807) is 13.2 Å². The molecule has 1 heterocycles. The lowest BCUT2D eigenvalue weighted by atomic mass is 9.67. The smallest absolute Gasteiger partial charge is 0.124 e. The van der Waals surface area contributed by atoms with Crippen LogP contribution in [0, 0.1) is 17.8 Å². The van der Waals surface area contributed by atoms with Crippen LogP contribution >= 0.6 is 0 Å². The molecule has 2 aromatic rings. The number of hydrogen-bond acceptors (Lipinski definition) is 4. The van der Waals surface area contributed by atoms with E-state index in [0.29, 0.717) is 23.7 Å². The third kappa shape index (κ3) is 2.11. The molecule has 5 atom stereocenters. The van der Waals surface area contributed by atoms with Gasteiger partial charge in [0.05, 0.1) is 19.1 Å². The second-order valence-corrected chi connectivity index (χ2v) is 7.86. The molecule has 1 aliphatic heterocycles. The molecule has 134 valence electrons. The highest BCUT2D eigenvalue weighted by atomic mass is 16.5. The molecule has 0 radical (unpaired) electrons. The highest BCUT2D eigenvalue weighted by Crippen LogP contribution is 2.64. The molecule has 2 aliphatic carbocycles. The van der Waals surface area contributed by atoms with Crippen molar-refractivity contribution in [2.75, 3.05) is 12.4 Å². The SMILES string of the molecule is COc1ccccc1[C@@H]1Nc2c(C(=O)[O-])cccc2[C@H]2[C@@H]3CC[C@@H](C3)[C@H]21. The number of benzene rings is 2. The van der Waals surface area contributed by atoms with Gasteiger partial charge in [0.25, 0.3) is 0 Å². The summed E-state index contributed by atoms with van der Waals surface area (Å²) in [4.78, 5) is 11.7. The van der Waals surface area contributed by atoms with Crippen molar-refractivity contribution < 1.29 is 14.6 Å². The minimum atomic E-state index is -1.12. The van der Waals surface area contributed by atoms with Crippen LogP contribution in [-0.4, -0.2) is 13.1 Å². The lowest BCUT2D eigenvalue weighted by Gasteiger charge is -2.44.